The van der Waals surface area contributed by atoms with Gasteiger partial charge in [-0.25, -0.2) is 0 Å². The summed E-state index contributed by atoms with van der Waals surface area (Å²) in [6.45, 7) is 4.24. The molecule has 1 aliphatic rings. The molecule has 0 aliphatic carbocycles. The van der Waals surface area contributed by atoms with Crippen molar-refractivity contribution in [2.75, 3.05) is 0 Å². The van der Waals surface area contributed by atoms with Crippen LogP contribution in [0.15, 0.2) is 30.5 Å². The number of hydrogen-bond acceptors (Lipinski definition) is 4. The van der Waals surface area contributed by atoms with Crippen LogP contribution in [0.1, 0.15) is 24.2 Å². The molecule has 0 bridgehead atoms. The Morgan fingerprint density at radius 2 is 2.14 bits per heavy atom. The number of carbonyl (C=O) groups excluding carboxylic acids is 1. The number of amides is 1. The molecule has 5 nitrogen and oxygen atoms in total. The van der Waals surface area contributed by atoms with Gasteiger partial charge in [0.2, 0.25) is 0 Å². The van der Waals surface area contributed by atoms with Crippen LogP contribution in [-0.4, -0.2) is 25.2 Å². The van der Waals surface area contributed by atoms with E-state index in [1.165, 1.54) is 18.2 Å². The number of benzene rings is 1. The van der Waals surface area contributed by atoms with Gasteiger partial charge in [-0.05, 0) is 31.4 Å². The van der Waals surface area contributed by atoms with Gasteiger partial charge in [0.05, 0.1) is 11.3 Å². The van der Waals surface area contributed by atoms with Crippen LogP contribution in [-0.2, 0) is 9.31 Å². The van der Waals surface area contributed by atoms with Crippen LogP contribution in [0.4, 0.5) is 8.78 Å². The number of nitrogens with two attached hydrogens (primary N) is 1. The van der Waals surface area contributed by atoms with Crippen molar-refractivity contribution < 1.29 is 27.6 Å². The summed E-state index contributed by atoms with van der Waals surface area (Å²) in [5.41, 5.74) is 4.78. The molecule has 0 spiro atoms. The molecule has 1 amide bonds. The number of ether oxygens (including phenoxy) is 1. The first kappa shape index (κ1) is 15.3. The van der Waals surface area contributed by atoms with E-state index in [1.54, 1.807) is 13.8 Å². The molecule has 8 heteroatoms. The van der Waals surface area contributed by atoms with Crippen LogP contribution >= 0.6 is 0 Å². The molecule has 1 heterocycles. The van der Waals surface area contributed by atoms with Crippen molar-refractivity contribution >= 4 is 18.5 Å². The molecule has 1 saturated heterocycles. The summed E-state index contributed by atoms with van der Waals surface area (Å²) < 4.78 is 39.9. The average molecular weight is 297 g/mol. The summed E-state index contributed by atoms with van der Waals surface area (Å²) in [6.07, 6.45) is 0. The molecule has 112 valence electrons. The lowest BCUT2D eigenvalue weighted by atomic mass is 9.78. The highest BCUT2D eigenvalue weighted by molar-refractivity contribution is 6.62. The van der Waals surface area contributed by atoms with Crippen LogP contribution in [0.5, 0.6) is 5.75 Å². The minimum absolute atomic E-state index is 0.171. The van der Waals surface area contributed by atoms with Crippen LogP contribution in [0, 0.1) is 0 Å². The summed E-state index contributed by atoms with van der Waals surface area (Å²) in [6, 6.07) is 3.99. The minimum Gasteiger partial charge on any atom is -0.534 e. The molecule has 0 unspecified atom stereocenters. The minimum atomic E-state index is -3.05. The maximum absolute atomic E-state index is 12.3. The summed E-state index contributed by atoms with van der Waals surface area (Å²) >= 11 is 0. The lowest BCUT2D eigenvalue weighted by molar-refractivity contribution is -0.0501. The summed E-state index contributed by atoms with van der Waals surface area (Å²) in [7, 11) is -0.786. The fraction of sp³-hybridized carbons (Fsp3) is 0.308. The number of alkyl halides is 2. The second-order valence-electron chi connectivity index (χ2n) is 5.00. The molecule has 1 aromatic carbocycles. The van der Waals surface area contributed by atoms with Gasteiger partial charge in [-0.3, -0.25) is 4.79 Å². The first-order valence-corrected chi connectivity index (χ1v) is 6.13. The monoisotopic (exact) mass is 297 g/mol. The van der Waals surface area contributed by atoms with Crippen LogP contribution in [0.25, 0.3) is 0 Å². The summed E-state index contributed by atoms with van der Waals surface area (Å²) in [4.78, 5) is 11.4. The zero-order valence-corrected chi connectivity index (χ0v) is 11.6. The molecule has 0 atom stereocenters. The molecule has 0 saturated carbocycles. The van der Waals surface area contributed by atoms with Crippen LogP contribution in [0.2, 0.25) is 0 Å². The number of primary amides is 1. The molecule has 21 heavy (non-hydrogen) atoms. The fourth-order valence-corrected chi connectivity index (χ4v) is 1.85. The zero-order chi connectivity index (χ0) is 15.8. The molecule has 1 aliphatic heterocycles. The highest BCUT2D eigenvalue weighted by Gasteiger charge is 2.43. The van der Waals surface area contributed by atoms with Crippen molar-refractivity contribution in [3.05, 3.63) is 36.1 Å². The number of carbonyl (C=O) groups is 1. The standard InChI is InChI=1S/C13H14BF2NO4/c1-7-13(2,3)21-14(20-7)8-4-5-10(19-12(15)16)9(6-8)11(17)18/h4-6,12H,1H2,2-3H3,(H2,17,18). The molecule has 2 rings (SSSR count). The third kappa shape index (κ3) is 3.16. The Morgan fingerprint density at radius 3 is 2.62 bits per heavy atom. The predicted molar refractivity (Wildman–Crippen MR) is 72.4 cm³/mol. The normalized spacial score (nSPS) is 17.0. The zero-order valence-electron chi connectivity index (χ0n) is 11.6. The van der Waals surface area contributed by atoms with Crippen LogP contribution < -0.4 is 15.9 Å². The Kier molecular flexibility index (Phi) is 3.91. The van der Waals surface area contributed by atoms with Crippen molar-refractivity contribution in [1.29, 1.82) is 0 Å². The second kappa shape index (κ2) is 5.36. The topological polar surface area (TPSA) is 70.8 Å². The quantitative estimate of drug-likeness (QED) is 0.853. The van der Waals surface area contributed by atoms with Gasteiger partial charge < -0.3 is 19.8 Å². The van der Waals surface area contributed by atoms with Gasteiger partial charge >= 0.3 is 13.7 Å². The Morgan fingerprint density at radius 1 is 1.48 bits per heavy atom. The first-order valence-electron chi connectivity index (χ1n) is 6.13. The highest BCUT2D eigenvalue weighted by atomic mass is 19.3. The van der Waals surface area contributed by atoms with E-state index >= 15 is 0 Å². The van der Waals surface area contributed by atoms with Gasteiger partial charge in [0.25, 0.3) is 5.91 Å². The van der Waals surface area contributed by atoms with Crippen molar-refractivity contribution in [3.8, 4) is 5.75 Å². The fourth-order valence-electron chi connectivity index (χ4n) is 1.85. The molecular weight excluding hydrogens is 283 g/mol. The maximum atomic E-state index is 12.3. The first-order chi connectivity index (χ1) is 9.70. The largest absolute Gasteiger partial charge is 0.563 e. The molecule has 2 N–H and O–H groups in total. The van der Waals surface area contributed by atoms with Crippen molar-refractivity contribution in [2.45, 2.75) is 26.1 Å². The van der Waals surface area contributed by atoms with Crippen LogP contribution in [0.3, 0.4) is 0 Å². The molecule has 1 aromatic rings. The van der Waals surface area contributed by atoms with E-state index in [2.05, 4.69) is 11.3 Å². The molecule has 1 fully saturated rings. The van der Waals surface area contributed by atoms with Gasteiger partial charge in [-0.2, -0.15) is 8.78 Å². The van der Waals surface area contributed by atoms with Crippen molar-refractivity contribution in [3.63, 3.8) is 0 Å². The Hall–Kier alpha value is -2.09. The Labute approximate surface area is 120 Å². The second-order valence-corrected chi connectivity index (χ2v) is 5.00. The van der Waals surface area contributed by atoms with E-state index in [0.717, 1.165) is 0 Å². The van der Waals surface area contributed by atoms with Gasteiger partial charge in [-0.1, -0.05) is 12.6 Å². The van der Waals surface area contributed by atoms with E-state index in [-0.39, 0.29) is 11.3 Å². The van der Waals surface area contributed by atoms with E-state index in [9.17, 15) is 13.6 Å². The van der Waals surface area contributed by atoms with E-state index in [4.69, 9.17) is 15.0 Å². The van der Waals surface area contributed by atoms with Gasteiger partial charge in [0.1, 0.15) is 11.4 Å². The van der Waals surface area contributed by atoms with E-state index in [1.807, 2.05) is 0 Å². The van der Waals surface area contributed by atoms with E-state index < -0.39 is 25.2 Å². The summed E-state index contributed by atoms with van der Waals surface area (Å²) in [5.74, 6) is -0.748. The Bertz CT molecular complexity index is 592. The predicted octanol–water partition coefficient (Wildman–Crippen LogP) is 1.42. The van der Waals surface area contributed by atoms with Crippen molar-refractivity contribution in [1.82, 2.24) is 0 Å². The van der Waals surface area contributed by atoms with E-state index in [0.29, 0.717) is 11.2 Å². The maximum Gasteiger partial charge on any atom is 0.563 e. The van der Waals surface area contributed by atoms with Gasteiger partial charge in [-0.15, -0.1) is 0 Å². The number of hydrogen-bond donors (Lipinski definition) is 1. The molecule has 0 aromatic heterocycles. The number of rotatable bonds is 4. The SMILES string of the molecule is C=C1OB(c2ccc(OC(F)F)c(C(N)=O)c2)OC1(C)C. The highest BCUT2D eigenvalue weighted by Crippen LogP contribution is 2.29. The summed E-state index contributed by atoms with van der Waals surface area (Å²) in [5, 5.41) is 0. The Balaban J connectivity index is 2.33. The smallest absolute Gasteiger partial charge is 0.534 e. The van der Waals surface area contributed by atoms with Gasteiger partial charge in [0, 0.05) is 0 Å². The third-order valence-corrected chi connectivity index (χ3v) is 3.08. The average Bonchev–Trinajstić information content (AvgIpc) is 2.63. The molecule has 0 radical (unpaired) electrons. The van der Waals surface area contributed by atoms with Crippen molar-refractivity contribution in [2.24, 2.45) is 5.73 Å². The number of halogens is 2. The third-order valence-electron chi connectivity index (χ3n) is 3.08. The lowest BCUT2D eigenvalue weighted by Crippen LogP contribution is -2.35. The molecular formula is C13H14BF2NO4. The lowest BCUT2D eigenvalue weighted by Gasteiger charge is -2.15. The van der Waals surface area contributed by atoms with Gasteiger partial charge in [0.15, 0.2) is 0 Å².